The van der Waals surface area contributed by atoms with Crippen LogP contribution < -0.4 is 0 Å². The molecule has 1 amide bonds. The molecule has 1 saturated carbocycles. The van der Waals surface area contributed by atoms with E-state index in [0.29, 0.717) is 0 Å². The van der Waals surface area contributed by atoms with Crippen molar-refractivity contribution in [3.05, 3.63) is 29.8 Å². The lowest BCUT2D eigenvalue weighted by Gasteiger charge is -2.35. The first kappa shape index (κ1) is 17.2. The summed E-state index contributed by atoms with van der Waals surface area (Å²) in [4.78, 5) is 12.3. The molecule has 2 fully saturated rings. The summed E-state index contributed by atoms with van der Waals surface area (Å²) in [5.74, 6) is -0.00146. The van der Waals surface area contributed by atoms with Crippen LogP contribution in [0, 0.1) is 12.8 Å². The van der Waals surface area contributed by atoms with Crippen LogP contribution in [0.5, 0.6) is 0 Å². The molecule has 0 unspecified atom stereocenters. The topological polar surface area (TPSA) is 83.9 Å². The lowest BCUT2D eigenvalue weighted by molar-refractivity contribution is -0.0481. The number of aliphatic hydroxyl groups excluding tert-OH is 1. The lowest BCUT2D eigenvalue weighted by atomic mass is 9.77. The van der Waals surface area contributed by atoms with Crippen molar-refractivity contribution in [2.45, 2.75) is 49.5 Å². The smallest absolute Gasteiger partial charge is 0.424 e. The number of cyclic esters (lactones) is 1. The maximum Gasteiger partial charge on any atom is 0.424 e. The van der Waals surface area contributed by atoms with Gasteiger partial charge in [0, 0.05) is 5.92 Å². The second kappa shape index (κ2) is 6.37. The van der Waals surface area contributed by atoms with Gasteiger partial charge in [0.15, 0.2) is 5.60 Å². The Morgan fingerprint density at radius 1 is 1.21 bits per heavy atom. The third-order valence-electron chi connectivity index (χ3n) is 5.13. The first-order valence-corrected chi connectivity index (χ1v) is 9.76. The van der Waals surface area contributed by atoms with E-state index in [9.17, 15) is 18.3 Å². The number of aliphatic hydroxyl groups is 1. The minimum Gasteiger partial charge on any atom is -0.437 e. The molecule has 7 heteroatoms. The number of nitrogens with zero attached hydrogens (tertiary/aromatic N) is 1. The van der Waals surface area contributed by atoms with E-state index in [1.807, 2.05) is 6.92 Å². The largest absolute Gasteiger partial charge is 0.437 e. The zero-order chi connectivity index (χ0) is 17.4. The first-order valence-electron chi connectivity index (χ1n) is 8.32. The van der Waals surface area contributed by atoms with E-state index in [4.69, 9.17) is 4.74 Å². The maximum absolute atomic E-state index is 12.8. The molecule has 24 heavy (non-hydrogen) atoms. The number of amides is 1. The predicted octanol–water partition coefficient (Wildman–Crippen LogP) is 2.45. The Kier molecular flexibility index (Phi) is 4.57. The molecule has 1 aliphatic carbocycles. The highest BCUT2D eigenvalue weighted by Gasteiger charge is 2.54. The highest BCUT2D eigenvalue weighted by Crippen LogP contribution is 2.40. The molecule has 1 saturated heterocycles. The van der Waals surface area contributed by atoms with Crippen molar-refractivity contribution in [2.75, 3.05) is 13.2 Å². The Labute approximate surface area is 142 Å². The molecule has 1 atom stereocenters. The molecule has 1 aromatic rings. The molecular weight excluding hydrogens is 330 g/mol. The van der Waals surface area contributed by atoms with Crippen LogP contribution in [0.4, 0.5) is 4.79 Å². The van der Waals surface area contributed by atoms with Gasteiger partial charge in [0.1, 0.15) is 0 Å². The van der Waals surface area contributed by atoms with Gasteiger partial charge in [-0.05, 0) is 31.9 Å². The lowest BCUT2D eigenvalue weighted by Crippen LogP contribution is -2.47. The van der Waals surface area contributed by atoms with Gasteiger partial charge in [0.2, 0.25) is 0 Å². The number of carbonyl (C=O) groups excluding carboxylic acids is 1. The second-order valence-corrected chi connectivity index (χ2v) is 8.61. The monoisotopic (exact) mass is 353 g/mol. The van der Waals surface area contributed by atoms with Crippen molar-refractivity contribution in [1.82, 2.24) is 4.31 Å². The summed E-state index contributed by atoms with van der Waals surface area (Å²) in [6.07, 6.45) is 3.93. The van der Waals surface area contributed by atoms with Gasteiger partial charge in [-0.15, -0.1) is 0 Å². The Hall–Kier alpha value is -1.60. The van der Waals surface area contributed by atoms with Crippen LogP contribution in [0.1, 0.15) is 37.7 Å². The summed E-state index contributed by atoms with van der Waals surface area (Å²) in [6.45, 7) is 1.38. The summed E-state index contributed by atoms with van der Waals surface area (Å²) in [5.41, 5.74) is -0.181. The fourth-order valence-electron chi connectivity index (χ4n) is 3.64. The summed E-state index contributed by atoms with van der Waals surface area (Å²) >= 11 is 0. The predicted molar refractivity (Wildman–Crippen MR) is 87.9 cm³/mol. The van der Waals surface area contributed by atoms with Crippen LogP contribution >= 0.6 is 0 Å². The Bertz CT molecular complexity index is 709. The van der Waals surface area contributed by atoms with Crippen molar-refractivity contribution >= 4 is 16.1 Å². The maximum atomic E-state index is 12.8. The number of aryl methyl sites for hydroxylation is 1. The van der Waals surface area contributed by atoms with E-state index in [1.54, 1.807) is 12.1 Å². The Morgan fingerprint density at radius 2 is 1.83 bits per heavy atom. The molecule has 132 valence electrons. The van der Waals surface area contributed by atoms with Crippen molar-refractivity contribution in [2.24, 2.45) is 5.92 Å². The SMILES string of the molecule is Cc1ccc(S(=O)(=O)N2C[C@](CO)(C3CCCCC3)OC2=O)cc1. The number of ether oxygens (including phenoxy) is 1. The zero-order valence-corrected chi connectivity index (χ0v) is 14.6. The fourth-order valence-corrected chi connectivity index (χ4v) is 4.99. The molecular formula is C17H23NO5S. The highest BCUT2D eigenvalue weighted by molar-refractivity contribution is 7.89. The van der Waals surface area contributed by atoms with E-state index >= 15 is 0 Å². The van der Waals surface area contributed by atoms with Gasteiger partial charge in [0.25, 0.3) is 10.0 Å². The second-order valence-electron chi connectivity index (χ2n) is 6.75. The van der Waals surface area contributed by atoms with Crippen molar-refractivity contribution in [3.63, 3.8) is 0 Å². The summed E-state index contributed by atoms with van der Waals surface area (Å²) in [7, 11) is -3.98. The molecule has 1 N–H and O–H groups in total. The molecule has 1 aromatic carbocycles. The molecule has 0 radical (unpaired) electrons. The summed E-state index contributed by atoms with van der Waals surface area (Å²) in [5, 5.41) is 9.88. The van der Waals surface area contributed by atoms with Crippen LogP contribution in [0.15, 0.2) is 29.2 Å². The van der Waals surface area contributed by atoms with E-state index in [0.717, 1.165) is 42.0 Å². The summed E-state index contributed by atoms with van der Waals surface area (Å²) < 4.78 is 31.8. The molecule has 0 spiro atoms. The molecule has 1 aliphatic heterocycles. The van der Waals surface area contributed by atoms with Gasteiger partial charge in [-0.1, -0.05) is 37.0 Å². The van der Waals surface area contributed by atoms with E-state index in [-0.39, 0.29) is 24.0 Å². The number of benzene rings is 1. The molecule has 6 nitrogen and oxygen atoms in total. The van der Waals surface area contributed by atoms with Crippen molar-refractivity contribution < 1.29 is 23.1 Å². The molecule has 1 heterocycles. The van der Waals surface area contributed by atoms with Crippen LogP contribution in [0.3, 0.4) is 0 Å². The average molecular weight is 353 g/mol. The van der Waals surface area contributed by atoms with Gasteiger partial charge in [0.05, 0.1) is 18.0 Å². The van der Waals surface area contributed by atoms with E-state index < -0.39 is 21.7 Å². The zero-order valence-electron chi connectivity index (χ0n) is 13.8. The molecule has 3 rings (SSSR count). The van der Waals surface area contributed by atoms with Gasteiger partial charge < -0.3 is 9.84 Å². The van der Waals surface area contributed by atoms with Crippen molar-refractivity contribution in [1.29, 1.82) is 0 Å². The summed E-state index contributed by atoms with van der Waals surface area (Å²) in [6, 6.07) is 6.35. The van der Waals surface area contributed by atoms with Crippen LogP contribution in [0.2, 0.25) is 0 Å². The number of hydrogen-bond donors (Lipinski definition) is 1. The first-order chi connectivity index (χ1) is 11.4. The van der Waals surface area contributed by atoms with E-state index in [1.165, 1.54) is 12.1 Å². The number of rotatable bonds is 4. The minimum absolute atomic E-state index is 0.00146. The van der Waals surface area contributed by atoms with Gasteiger partial charge in [-0.3, -0.25) is 0 Å². The minimum atomic E-state index is -3.98. The van der Waals surface area contributed by atoms with Crippen LogP contribution in [-0.2, 0) is 14.8 Å². The standard InChI is InChI=1S/C17H23NO5S/c1-13-7-9-15(10-8-13)24(21,22)18-11-17(12-19,23-16(18)20)14-5-3-2-4-6-14/h7-10,14,19H,2-6,11-12H2,1H3/t17-/m0/s1. The fraction of sp³-hybridized carbons (Fsp3) is 0.588. The average Bonchev–Trinajstić information content (AvgIpc) is 2.95. The van der Waals surface area contributed by atoms with E-state index in [2.05, 4.69) is 0 Å². The van der Waals surface area contributed by atoms with Crippen molar-refractivity contribution in [3.8, 4) is 0 Å². The van der Waals surface area contributed by atoms with Gasteiger partial charge in [-0.2, -0.15) is 4.31 Å². The Morgan fingerprint density at radius 3 is 2.42 bits per heavy atom. The third-order valence-corrected chi connectivity index (χ3v) is 6.86. The number of sulfonamides is 1. The van der Waals surface area contributed by atoms with Crippen LogP contribution in [0.25, 0.3) is 0 Å². The Balaban J connectivity index is 1.89. The highest BCUT2D eigenvalue weighted by atomic mass is 32.2. The molecule has 0 aromatic heterocycles. The third kappa shape index (κ3) is 2.91. The molecule has 2 aliphatic rings. The number of hydrogen-bond acceptors (Lipinski definition) is 5. The number of carbonyl (C=O) groups is 1. The van der Waals surface area contributed by atoms with Gasteiger partial charge in [-0.25, -0.2) is 13.2 Å². The normalized spacial score (nSPS) is 25.8. The quantitative estimate of drug-likeness (QED) is 0.899. The van der Waals surface area contributed by atoms with Gasteiger partial charge >= 0.3 is 6.09 Å². The van der Waals surface area contributed by atoms with Crippen LogP contribution in [-0.4, -0.2) is 42.7 Å². The molecule has 0 bridgehead atoms.